The fourth-order valence-corrected chi connectivity index (χ4v) is 2.83. The second kappa shape index (κ2) is 7.17. The molecule has 2 aromatic rings. The summed E-state index contributed by atoms with van der Waals surface area (Å²) in [5.74, 6) is -0.767. The van der Waals surface area contributed by atoms with E-state index >= 15 is 0 Å². The molecule has 128 valence electrons. The Labute approximate surface area is 145 Å². The van der Waals surface area contributed by atoms with Gasteiger partial charge in [-0.25, -0.2) is 0 Å². The maximum absolute atomic E-state index is 12.4. The lowest BCUT2D eigenvalue weighted by Crippen LogP contribution is -2.28. The van der Waals surface area contributed by atoms with E-state index in [9.17, 15) is 14.4 Å². The molecule has 1 atom stereocenters. The molecule has 6 heteroatoms. The highest BCUT2D eigenvalue weighted by molar-refractivity contribution is 6.03. The summed E-state index contributed by atoms with van der Waals surface area (Å²) in [4.78, 5) is 37.3. The third kappa shape index (κ3) is 4.03. The largest absolute Gasteiger partial charge is 0.326 e. The van der Waals surface area contributed by atoms with Crippen LogP contribution in [-0.2, 0) is 14.4 Å². The highest BCUT2D eigenvalue weighted by Gasteiger charge is 2.35. The minimum atomic E-state index is -0.386. The van der Waals surface area contributed by atoms with Crippen molar-refractivity contribution in [2.75, 3.05) is 22.1 Å². The second-order valence-corrected chi connectivity index (χ2v) is 5.99. The summed E-state index contributed by atoms with van der Waals surface area (Å²) in [6.45, 7) is 1.81. The zero-order chi connectivity index (χ0) is 17.8. The number of nitrogens with one attached hydrogen (secondary N) is 2. The summed E-state index contributed by atoms with van der Waals surface area (Å²) < 4.78 is 0. The molecule has 0 aromatic heterocycles. The molecule has 0 aliphatic carbocycles. The first kappa shape index (κ1) is 16.7. The number of nitrogens with zero attached hydrogens (tertiary/aromatic N) is 1. The Bertz CT molecular complexity index is 787. The van der Waals surface area contributed by atoms with Crippen molar-refractivity contribution >= 4 is 34.8 Å². The number of amides is 3. The van der Waals surface area contributed by atoms with E-state index < -0.39 is 0 Å². The summed E-state index contributed by atoms with van der Waals surface area (Å²) in [7, 11) is 0. The van der Waals surface area contributed by atoms with E-state index in [2.05, 4.69) is 10.6 Å². The first-order chi connectivity index (χ1) is 12.0. The third-order valence-electron chi connectivity index (χ3n) is 4.04. The maximum atomic E-state index is 12.4. The molecule has 1 unspecified atom stereocenters. The molecule has 3 rings (SSSR count). The van der Waals surface area contributed by atoms with Gasteiger partial charge < -0.3 is 15.5 Å². The van der Waals surface area contributed by atoms with Gasteiger partial charge in [-0.1, -0.05) is 18.2 Å². The molecule has 25 heavy (non-hydrogen) atoms. The van der Waals surface area contributed by atoms with E-state index in [1.807, 2.05) is 30.3 Å². The summed E-state index contributed by atoms with van der Waals surface area (Å²) in [5.41, 5.74) is 2.10. The van der Waals surface area contributed by atoms with Crippen molar-refractivity contribution in [3.63, 3.8) is 0 Å². The Morgan fingerprint density at radius 2 is 1.56 bits per heavy atom. The van der Waals surface area contributed by atoms with E-state index in [1.165, 1.54) is 6.92 Å². The first-order valence-corrected chi connectivity index (χ1v) is 8.07. The average Bonchev–Trinajstić information content (AvgIpc) is 2.99. The molecule has 0 spiro atoms. The van der Waals surface area contributed by atoms with Gasteiger partial charge in [0.2, 0.25) is 17.7 Å². The smallest absolute Gasteiger partial charge is 0.229 e. The number of hydrogen-bond acceptors (Lipinski definition) is 3. The Morgan fingerprint density at radius 1 is 0.960 bits per heavy atom. The van der Waals surface area contributed by atoms with Gasteiger partial charge in [-0.15, -0.1) is 0 Å². The Kier molecular flexibility index (Phi) is 4.79. The predicted octanol–water partition coefficient (Wildman–Crippen LogP) is 2.64. The normalized spacial score (nSPS) is 16.6. The maximum Gasteiger partial charge on any atom is 0.229 e. The Balaban J connectivity index is 1.62. The van der Waals surface area contributed by atoms with Crippen LogP contribution in [0.1, 0.15) is 13.3 Å². The fraction of sp³-hybridized carbons (Fsp3) is 0.211. The van der Waals surface area contributed by atoms with Crippen molar-refractivity contribution in [1.29, 1.82) is 0 Å². The molecule has 1 fully saturated rings. The number of carbonyl (C=O) groups excluding carboxylic acids is 3. The van der Waals surface area contributed by atoms with Crippen LogP contribution in [-0.4, -0.2) is 24.3 Å². The van der Waals surface area contributed by atoms with Gasteiger partial charge in [-0.3, -0.25) is 14.4 Å². The molecule has 1 saturated heterocycles. The van der Waals surface area contributed by atoms with Crippen LogP contribution in [0.2, 0.25) is 0 Å². The molecular weight excluding hydrogens is 318 g/mol. The van der Waals surface area contributed by atoms with Crippen LogP contribution in [0.25, 0.3) is 0 Å². The van der Waals surface area contributed by atoms with Gasteiger partial charge in [0.1, 0.15) is 0 Å². The molecule has 1 aliphatic heterocycles. The lowest BCUT2D eigenvalue weighted by Gasteiger charge is -2.16. The number of anilines is 3. The Morgan fingerprint density at radius 3 is 2.16 bits per heavy atom. The van der Waals surface area contributed by atoms with E-state index in [0.29, 0.717) is 17.9 Å². The van der Waals surface area contributed by atoms with Gasteiger partial charge in [0.05, 0.1) is 5.92 Å². The van der Waals surface area contributed by atoms with Crippen LogP contribution in [0, 0.1) is 5.92 Å². The van der Waals surface area contributed by atoms with E-state index in [-0.39, 0.29) is 30.1 Å². The number of hydrogen-bond donors (Lipinski definition) is 2. The molecular formula is C19H19N3O3. The van der Waals surface area contributed by atoms with Crippen molar-refractivity contribution < 1.29 is 14.4 Å². The number of para-hydroxylation sites is 1. The monoisotopic (exact) mass is 337 g/mol. The topological polar surface area (TPSA) is 78.5 Å². The lowest BCUT2D eigenvalue weighted by atomic mass is 10.1. The molecule has 1 aliphatic rings. The second-order valence-electron chi connectivity index (χ2n) is 5.99. The fourth-order valence-electron chi connectivity index (χ4n) is 2.83. The standard InChI is InChI=1S/C19H19N3O3/c1-13(23)20-15-7-9-16(10-8-15)21-19(25)14-11-18(24)22(12-14)17-5-3-2-4-6-17/h2-10,14H,11-12H2,1H3,(H,20,23)(H,21,25). The zero-order valence-electron chi connectivity index (χ0n) is 13.9. The van der Waals surface area contributed by atoms with E-state index in [0.717, 1.165) is 5.69 Å². The van der Waals surface area contributed by atoms with Gasteiger partial charge in [0, 0.05) is 37.0 Å². The van der Waals surface area contributed by atoms with Gasteiger partial charge in [0.25, 0.3) is 0 Å². The van der Waals surface area contributed by atoms with Crippen LogP contribution in [0.4, 0.5) is 17.1 Å². The van der Waals surface area contributed by atoms with Gasteiger partial charge in [0.15, 0.2) is 0 Å². The number of benzene rings is 2. The third-order valence-corrected chi connectivity index (χ3v) is 4.04. The first-order valence-electron chi connectivity index (χ1n) is 8.07. The molecule has 2 N–H and O–H groups in total. The Hall–Kier alpha value is -3.15. The minimum absolute atomic E-state index is 0.0487. The van der Waals surface area contributed by atoms with Gasteiger partial charge >= 0.3 is 0 Å². The van der Waals surface area contributed by atoms with Crippen molar-refractivity contribution in [2.24, 2.45) is 5.92 Å². The number of rotatable bonds is 4. The minimum Gasteiger partial charge on any atom is -0.326 e. The molecule has 0 radical (unpaired) electrons. The summed E-state index contributed by atoms with van der Waals surface area (Å²) >= 11 is 0. The van der Waals surface area contributed by atoms with Crippen molar-refractivity contribution in [1.82, 2.24) is 0 Å². The molecule has 2 aromatic carbocycles. The van der Waals surface area contributed by atoms with E-state index in [1.54, 1.807) is 29.2 Å². The number of carbonyl (C=O) groups is 3. The van der Waals surface area contributed by atoms with Crippen LogP contribution >= 0.6 is 0 Å². The highest BCUT2D eigenvalue weighted by Crippen LogP contribution is 2.26. The van der Waals surface area contributed by atoms with Crippen molar-refractivity contribution in [2.45, 2.75) is 13.3 Å². The van der Waals surface area contributed by atoms with Crippen LogP contribution in [0.3, 0.4) is 0 Å². The average molecular weight is 337 g/mol. The highest BCUT2D eigenvalue weighted by atomic mass is 16.2. The van der Waals surface area contributed by atoms with Gasteiger partial charge in [-0.2, -0.15) is 0 Å². The summed E-state index contributed by atoms with van der Waals surface area (Å²) in [6.07, 6.45) is 0.199. The zero-order valence-corrected chi connectivity index (χ0v) is 13.9. The quantitative estimate of drug-likeness (QED) is 0.900. The summed E-state index contributed by atoms with van der Waals surface area (Å²) in [6, 6.07) is 16.2. The van der Waals surface area contributed by atoms with Crippen LogP contribution in [0.5, 0.6) is 0 Å². The van der Waals surface area contributed by atoms with E-state index in [4.69, 9.17) is 0 Å². The lowest BCUT2D eigenvalue weighted by molar-refractivity contribution is -0.122. The van der Waals surface area contributed by atoms with Crippen LogP contribution in [0.15, 0.2) is 54.6 Å². The molecule has 3 amide bonds. The molecule has 0 bridgehead atoms. The summed E-state index contributed by atoms with van der Waals surface area (Å²) in [5, 5.41) is 5.49. The van der Waals surface area contributed by atoms with Crippen molar-refractivity contribution in [3.05, 3.63) is 54.6 Å². The van der Waals surface area contributed by atoms with Crippen LogP contribution < -0.4 is 15.5 Å². The molecule has 0 saturated carbocycles. The molecule has 1 heterocycles. The van der Waals surface area contributed by atoms with Gasteiger partial charge in [-0.05, 0) is 36.4 Å². The SMILES string of the molecule is CC(=O)Nc1ccc(NC(=O)C2CC(=O)N(c3ccccc3)C2)cc1. The van der Waals surface area contributed by atoms with Crippen molar-refractivity contribution in [3.8, 4) is 0 Å². The predicted molar refractivity (Wildman–Crippen MR) is 96.3 cm³/mol. The molecule has 6 nitrogen and oxygen atoms in total.